The van der Waals surface area contributed by atoms with Crippen LogP contribution in [0, 0.1) is 5.92 Å². The maximum Gasteiger partial charge on any atom is 0.328 e. The molecule has 1 heterocycles. The molecule has 20 heavy (non-hydrogen) atoms. The van der Waals surface area contributed by atoms with Gasteiger partial charge in [-0.25, -0.2) is 4.79 Å². The Morgan fingerprint density at radius 3 is 2.75 bits per heavy atom. The summed E-state index contributed by atoms with van der Waals surface area (Å²) in [5, 5.41) is 11.3. The van der Waals surface area contributed by atoms with Crippen LogP contribution in [0.4, 0.5) is 0 Å². The first kappa shape index (κ1) is 15.7. The van der Waals surface area contributed by atoms with Gasteiger partial charge in [0.05, 0.1) is 5.92 Å². The summed E-state index contributed by atoms with van der Waals surface area (Å²) in [5.41, 5.74) is -1.17. The molecule has 1 rings (SSSR count). The van der Waals surface area contributed by atoms with E-state index in [1.165, 1.54) is 6.20 Å². The molecule has 0 aliphatic rings. The number of carbonyl (C=O) groups is 2. The number of aromatic amines is 1. The van der Waals surface area contributed by atoms with E-state index in [0.717, 1.165) is 10.6 Å². The summed E-state index contributed by atoms with van der Waals surface area (Å²) in [5.74, 6) is -1.69. The van der Waals surface area contributed by atoms with E-state index in [4.69, 9.17) is 5.11 Å². The van der Waals surface area contributed by atoms with Crippen molar-refractivity contribution in [1.29, 1.82) is 0 Å². The third-order valence-electron chi connectivity index (χ3n) is 2.77. The number of aromatic nitrogens is 2. The van der Waals surface area contributed by atoms with Crippen LogP contribution in [0.2, 0.25) is 0 Å². The number of amides is 1. The molecule has 0 saturated carbocycles. The summed E-state index contributed by atoms with van der Waals surface area (Å²) in [6.45, 7) is 1.75. The van der Waals surface area contributed by atoms with Gasteiger partial charge in [0.25, 0.3) is 5.56 Å². The predicted octanol–water partition coefficient (Wildman–Crippen LogP) is -0.846. The summed E-state index contributed by atoms with van der Waals surface area (Å²) in [6.07, 6.45) is 2.25. The lowest BCUT2D eigenvalue weighted by molar-refractivity contribution is -0.141. The first-order valence-electron chi connectivity index (χ1n) is 6.19. The van der Waals surface area contributed by atoms with Crippen LogP contribution in [0.25, 0.3) is 0 Å². The molecule has 110 valence electrons. The van der Waals surface area contributed by atoms with Crippen molar-refractivity contribution in [2.75, 3.05) is 6.54 Å². The fourth-order valence-electron chi connectivity index (χ4n) is 1.54. The minimum Gasteiger partial charge on any atom is -0.481 e. The second-order valence-corrected chi connectivity index (χ2v) is 4.47. The van der Waals surface area contributed by atoms with Gasteiger partial charge in [-0.15, -0.1) is 0 Å². The Kier molecular flexibility index (Phi) is 5.70. The maximum absolute atomic E-state index is 11.5. The largest absolute Gasteiger partial charge is 0.481 e. The van der Waals surface area contributed by atoms with Gasteiger partial charge in [-0.1, -0.05) is 6.92 Å². The van der Waals surface area contributed by atoms with Crippen LogP contribution in [-0.2, 0) is 16.1 Å². The van der Waals surface area contributed by atoms with E-state index in [1.54, 1.807) is 6.92 Å². The molecule has 3 N–H and O–H groups in total. The van der Waals surface area contributed by atoms with E-state index in [2.05, 4.69) is 5.32 Å². The van der Waals surface area contributed by atoms with Crippen LogP contribution in [0.5, 0.6) is 0 Å². The van der Waals surface area contributed by atoms with E-state index in [0.29, 0.717) is 19.4 Å². The number of carboxylic acids is 1. The van der Waals surface area contributed by atoms with Crippen molar-refractivity contribution in [1.82, 2.24) is 14.9 Å². The fourth-order valence-corrected chi connectivity index (χ4v) is 1.54. The predicted molar refractivity (Wildman–Crippen MR) is 70.4 cm³/mol. The number of H-pyrrole nitrogens is 1. The summed E-state index contributed by atoms with van der Waals surface area (Å²) in [6, 6.07) is 1.16. The van der Waals surface area contributed by atoms with Gasteiger partial charge in [-0.2, -0.15) is 0 Å². The van der Waals surface area contributed by atoms with Crippen LogP contribution in [0.1, 0.15) is 19.8 Å². The van der Waals surface area contributed by atoms with E-state index in [1.807, 2.05) is 4.98 Å². The second kappa shape index (κ2) is 7.27. The molecule has 1 amide bonds. The zero-order chi connectivity index (χ0) is 15.1. The van der Waals surface area contributed by atoms with Crippen molar-refractivity contribution in [2.45, 2.75) is 26.3 Å². The van der Waals surface area contributed by atoms with Crippen LogP contribution in [0.15, 0.2) is 21.9 Å². The van der Waals surface area contributed by atoms with Crippen molar-refractivity contribution in [3.05, 3.63) is 33.1 Å². The highest BCUT2D eigenvalue weighted by atomic mass is 16.4. The molecular formula is C12H17N3O5. The van der Waals surface area contributed by atoms with Crippen molar-refractivity contribution in [3.63, 3.8) is 0 Å². The van der Waals surface area contributed by atoms with E-state index in [-0.39, 0.29) is 12.5 Å². The molecule has 0 fully saturated rings. The average Bonchev–Trinajstić information content (AvgIpc) is 2.37. The number of hydrogen-bond donors (Lipinski definition) is 3. The number of nitrogens with one attached hydrogen (secondary N) is 2. The molecule has 8 nitrogen and oxygen atoms in total. The van der Waals surface area contributed by atoms with Gasteiger partial charge in [0, 0.05) is 18.8 Å². The molecule has 0 radical (unpaired) electrons. The molecule has 1 atom stereocenters. The molecule has 0 aromatic carbocycles. The van der Waals surface area contributed by atoms with Gasteiger partial charge in [-0.3, -0.25) is 23.9 Å². The van der Waals surface area contributed by atoms with Crippen LogP contribution in [-0.4, -0.2) is 33.1 Å². The molecule has 0 bridgehead atoms. The monoisotopic (exact) mass is 283 g/mol. The molecule has 0 aliphatic heterocycles. The lowest BCUT2D eigenvalue weighted by Crippen LogP contribution is -2.35. The normalized spacial score (nSPS) is 11.8. The SMILES string of the molecule is CC(CCCNC(=O)Cn1ccc(=O)[nH]c1=O)C(=O)O. The third kappa shape index (κ3) is 5.09. The molecule has 0 saturated heterocycles. The van der Waals surface area contributed by atoms with Gasteiger partial charge in [0.15, 0.2) is 0 Å². The maximum atomic E-state index is 11.5. The molecule has 0 spiro atoms. The second-order valence-electron chi connectivity index (χ2n) is 4.47. The van der Waals surface area contributed by atoms with Crippen LogP contribution >= 0.6 is 0 Å². The number of carbonyl (C=O) groups excluding carboxylic acids is 1. The highest BCUT2D eigenvalue weighted by Crippen LogP contribution is 2.03. The fraction of sp³-hybridized carbons (Fsp3) is 0.500. The highest BCUT2D eigenvalue weighted by molar-refractivity contribution is 5.75. The van der Waals surface area contributed by atoms with Gasteiger partial charge in [-0.05, 0) is 12.8 Å². The minimum absolute atomic E-state index is 0.190. The number of aliphatic carboxylic acids is 1. The zero-order valence-corrected chi connectivity index (χ0v) is 11.1. The first-order valence-corrected chi connectivity index (χ1v) is 6.19. The molecule has 1 unspecified atom stereocenters. The lowest BCUT2D eigenvalue weighted by atomic mass is 10.1. The Morgan fingerprint density at radius 2 is 2.15 bits per heavy atom. The quantitative estimate of drug-likeness (QED) is 0.563. The van der Waals surface area contributed by atoms with Crippen molar-refractivity contribution in [3.8, 4) is 0 Å². The molecule has 1 aromatic rings. The minimum atomic E-state index is -0.865. The van der Waals surface area contributed by atoms with E-state index >= 15 is 0 Å². The van der Waals surface area contributed by atoms with Crippen LogP contribution in [0.3, 0.4) is 0 Å². The van der Waals surface area contributed by atoms with Gasteiger partial charge < -0.3 is 10.4 Å². The topological polar surface area (TPSA) is 121 Å². The molecular weight excluding hydrogens is 266 g/mol. The standard InChI is InChI=1S/C12H17N3O5/c1-8(11(18)19)3-2-5-13-10(17)7-15-6-4-9(16)14-12(15)20/h4,6,8H,2-3,5,7H2,1H3,(H,13,17)(H,18,19)(H,14,16,20). The number of carboxylic acid groups (broad SMARTS) is 1. The summed E-state index contributed by atoms with van der Waals surface area (Å²) in [4.78, 5) is 46.3. The Hall–Kier alpha value is -2.38. The Bertz CT molecular complexity index is 589. The van der Waals surface area contributed by atoms with E-state index < -0.39 is 23.1 Å². The number of nitrogens with zero attached hydrogens (tertiary/aromatic N) is 1. The summed E-state index contributed by atoms with van der Waals surface area (Å²) in [7, 11) is 0. The highest BCUT2D eigenvalue weighted by Gasteiger charge is 2.10. The van der Waals surface area contributed by atoms with E-state index in [9.17, 15) is 19.2 Å². The van der Waals surface area contributed by atoms with Crippen molar-refractivity contribution >= 4 is 11.9 Å². The summed E-state index contributed by atoms with van der Waals surface area (Å²) >= 11 is 0. The van der Waals surface area contributed by atoms with Crippen LogP contribution < -0.4 is 16.6 Å². The van der Waals surface area contributed by atoms with Gasteiger partial charge in [0.1, 0.15) is 6.54 Å². The number of rotatable bonds is 7. The Morgan fingerprint density at radius 1 is 1.45 bits per heavy atom. The average molecular weight is 283 g/mol. The van der Waals surface area contributed by atoms with Crippen molar-refractivity contribution in [2.24, 2.45) is 5.92 Å². The zero-order valence-electron chi connectivity index (χ0n) is 11.1. The lowest BCUT2D eigenvalue weighted by Gasteiger charge is -2.08. The Balaban J connectivity index is 2.35. The van der Waals surface area contributed by atoms with Gasteiger partial charge in [0.2, 0.25) is 5.91 Å². The molecule has 8 heteroatoms. The smallest absolute Gasteiger partial charge is 0.328 e. The number of hydrogen-bond acceptors (Lipinski definition) is 4. The molecule has 0 aliphatic carbocycles. The third-order valence-corrected chi connectivity index (χ3v) is 2.77. The van der Waals surface area contributed by atoms with Gasteiger partial charge >= 0.3 is 11.7 Å². The summed E-state index contributed by atoms with van der Waals surface area (Å²) < 4.78 is 1.08. The van der Waals surface area contributed by atoms with Crippen molar-refractivity contribution < 1.29 is 14.7 Å². The first-order chi connectivity index (χ1) is 9.40. The molecule has 1 aromatic heterocycles. The Labute approximate surface area is 114 Å².